The SMILES string of the molecule is Cn1nccc1C(=O)C1(O)CCCC1. The van der Waals surface area contributed by atoms with Crippen LogP contribution in [0.1, 0.15) is 36.2 Å². The van der Waals surface area contributed by atoms with E-state index in [2.05, 4.69) is 5.10 Å². The van der Waals surface area contributed by atoms with Gasteiger partial charge in [0, 0.05) is 13.2 Å². The number of nitrogens with zero attached hydrogens (tertiary/aromatic N) is 2. The molecule has 2 rings (SSSR count). The zero-order valence-electron chi connectivity index (χ0n) is 8.23. The molecule has 0 atom stereocenters. The van der Waals surface area contributed by atoms with Crippen LogP contribution in [0.5, 0.6) is 0 Å². The van der Waals surface area contributed by atoms with E-state index in [1.54, 1.807) is 19.3 Å². The molecule has 0 aromatic carbocycles. The normalized spacial score (nSPS) is 19.9. The molecule has 0 bridgehead atoms. The highest BCUT2D eigenvalue weighted by Crippen LogP contribution is 2.32. The van der Waals surface area contributed by atoms with Gasteiger partial charge in [0.1, 0.15) is 11.3 Å². The van der Waals surface area contributed by atoms with Gasteiger partial charge in [0.2, 0.25) is 5.78 Å². The van der Waals surface area contributed by atoms with E-state index in [1.807, 2.05) is 0 Å². The number of Topliss-reactive ketones (excluding diaryl/α,β-unsaturated/α-hetero) is 1. The molecule has 0 spiro atoms. The average molecular weight is 194 g/mol. The molecule has 1 N–H and O–H groups in total. The molecular formula is C10H14N2O2. The number of aryl methyl sites for hydroxylation is 1. The van der Waals surface area contributed by atoms with Crippen LogP contribution in [0.3, 0.4) is 0 Å². The summed E-state index contributed by atoms with van der Waals surface area (Å²) in [6.45, 7) is 0. The minimum atomic E-state index is -1.13. The zero-order chi connectivity index (χ0) is 10.2. The highest BCUT2D eigenvalue weighted by Gasteiger charge is 2.40. The third-order valence-electron chi connectivity index (χ3n) is 2.91. The van der Waals surface area contributed by atoms with Crippen LogP contribution in [0.15, 0.2) is 12.3 Å². The van der Waals surface area contributed by atoms with Crippen molar-refractivity contribution in [3.05, 3.63) is 18.0 Å². The summed E-state index contributed by atoms with van der Waals surface area (Å²) in [5.41, 5.74) is -0.636. The van der Waals surface area contributed by atoms with Crippen molar-refractivity contribution in [1.29, 1.82) is 0 Å². The van der Waals surface area contributed by atoms with Gasteiger partial charge in [-0.1, -0.05) is 0 Å². The molecule has 1 aromatic heterocycles. The molecule has 4 nitrogen and oxygen atoms in total. The van der Waals surface area contributed by atoms with Crippen LogP contribution in [-0.2, 0) is 7.05 Å². The van der Waals surface area contributed by atoms with Crippen molar-refractivity contribution >= 4 is 5.78 Å². The Kier molecular flexibility index (Phi) is 2.15. The van der Waals surface area contributed by atoms with Gasteiger partial charge in [-0.3, -0.25) is 9.48 Å². The van der Waals surface area contributed by atoms with Gasteiger partial charge in [-0.05, 0) is 31.7 Å². The van der Waals surface area contributed by atoms with Crippen LogP contribution in [0.2, 0.25) is 0 Å². The molecule has 0 aliphatic heterocycles. The zero-order valence-corrected chi connectivity index (χ0v) is 8.23. The lowest BCUT2D eigenvalue weighted by atomic mass is 9.94. The molecule has 0 unspecified atom stereocenters. The quantitative estimate of drug-likeness (QED) is 0.712. The Bertz CT molecular complexity index is 351. The molecule has 76 valence electrons. The first-order valence-corrected chi connectivity index (χ1v) is 4.89. The first-order chi connectivity index (χ1) is 6.63. The number of hydrogen-bond acceptors (Lipinski definition) is 3. The van der Waals surface area contributed by atoms with E-state index < -0.39 is 5.60 Å². The smallest absolute Gasteiger partial charge is 0.212 e. The van der Waals surface area contributed by atoms with Gasteiger partial charge in [-0.15, -0.1) is 0 Å². The van der Waals surface area contributed by atoms with Gasteiger partial charge in [-0.2, -0.15) is 5.10 Å². The molecule has 0 amide bonds. The maximum atomic E-state index is 11.9. The van der Waals surface area contributed by atoms with Gasteiger partial charge in [0.05, 0.1) is 0 Å². The van der Waals surface area contributed by atoms with Gasteiger partial charge >= 0.3 is 0 Å². The first-order valence-electron chi connectivity index (χ1n) is 4.89. The molecule has 1 heterocycles. The molecule has 1 fully saturated rings. The molecule has 1 aliphatic rings. The highest BCUT2D eigenvalue weighted by molar-refractivity contribution is 6.01. The predicted molar refractivity (Wildman–Crippen MR) is 51.0 cm³/mol. The maximum absolute atomic E-state index is 11.9. The van der Waals surface area contributed by atoms with Crippen LogP contribution in [-0.4, -0.2) is 26.3 Å². The first kappa shape index (κ1) is 9.40. The fourth-order valence-corrected chi connectivity index (χ4v) is 2.02. The summed E-state index contributed by atoms with van der Waals surface area (Å²) >= 11 is 0. The van der Waals surface area contributed by atoms with Crippen LogP contribution in [0, 0.1) is 0 Å². The molecule has 4 heteroatoms. The minimum Gasteiger partial charge on any atom is -0.382 e. The fourth-order valence-electron chi connectivity index (χ4n) is 2.02. The van der Waals surface area contributed by atoms with Crippen molar-refractivity contribution in [2.24, 2.45) is 7.05 Å². The van der Waals surface area contributed by atoms with Crippen molar-refractivity contribution in [3.8, 4) is 0 Å². The van der Waals surface area contributed by atoms with Crippen LogP contribution >= 0.6 is 0 Å². The fraction of sp³-hybridized carbons (Fsp3) is 0.600. The Balaban J connectivity index is 2.28. The lowest BCUT2D eigenvalue weighted by Gasteiger charge is -2.19. The second kappa shape index (κ2) is 3.20. The van der Waals surface area contributed by atoms with Crippen molar-refractivity contribution in [2.45, 2.75) is 31.3 Å². The molecule has 1 saturated carbocycles. The number of hydrogen-bond donors (Lipinski definition) is 1. The largest absolute Gasteiger partial charge is 0.382 e. The summed E-state index contributed by atoms with van der Waals surface area (Å²) < 4.78 is 1.51. The van der Waals surface area contributed by atoms with Crippen molar-refractivity contribution < 1.29 is 9.90 Å². The second-order valence-corrected chi connectivity index (χ2v) is 3.91. The Labute approximate surface area is 82.5 Å². The van der Waals surface area contributed by atoms with Crippen LogP contribution < -0.4 is 0 Å². The number of carbonyl (C=O) groups is 1. The highest BCUT2D eigenvalue weighted by atomic mass is 16.3. The third-order valence-corrected chi connectivity index (χ3v) is 2.91. The van der Waals surface area contributed by atoms with E-state index in [-0.39, 0.29) is 5.78 Å². The summed E-state index contributed by atoms with van der Waals surface area (Å²) in [6.07, 6.45) is 4.60. The Morgan fingerprint density at radius 3 is 2.71 bits per heavy atom. The Morgan fingerprint density at radius 1 is 1.57 bits per heavy atom. The lowest BCUT2D eigenvalue weighted by Crippen LogP contribution is -2.36. The number of ketones is 1. The van der Waals surface area contributed by atoms with E-state index in [9.17, 15) is 9.90 Å². The predicted octanol–water partition coefficient (Wildman–Crippen LogP) is 0.908. The van der Waals surface area contributed by atoms with Crippen molar-refractivity contribution in [2.75, 3.05) is 0 Å². The summed E-state index contributed by atoms with van der Waals surface area (Å²) in [5.74, 6) is -0.185. The second-order valence-electron chi connectivity index (χ2n) is 3.91. The topological polar surface area (TPSA) is 55.1 Å². The van der Waals surface area contributed by atoms with E-state index in [0.717, 1.165) is 12.8 Å². The summed E-state index contributed by atoms with van der Waals surface area (Å²) in [4.78, 5) is 11.9. The van der Waals surface area contributed by atoms with Gasteiger partial charge < -0.3 is 5.11 Å². The van der Waals surface area contributed by atoms with Gasteiger partial charge in [0.15, 0.2) is 0 Å². The summed E-state index contributed by atoms with van der Waals surface area (Å²) in [6, 6.07) is 1.65. The van der Waals surface area contributed by atoms with Crippen molar-refractivity contribution in [3.63, 3.8) is 0 Å². The number of rotatable bonds is 2. The minimum absolute atomic E-state index is 0.185. The van der Waals surface area contributed by atoms with Crippen molar-refractivity contribution in [1.82, 2.24) is 9.78 Å². The molecule has 0 saturated heterocycles. The summed E-state index contributed by atoms with van der Waals surface area (Å²) in [5, 5.41) is 14.0. The van der Waals surface area contributed by atoms with Gasteiger partial charge in [-0.25, -0.2) is 0 Å². The molecule has 14 heavy (non-hydrogen) atoms. The van der Waals surface area contributed by atoms with Gasteiger partial charge in [0.25, 0.3) is 0 Å². The number of aliphatic hydroxyl groups is 1. The number of aromatic nitrogens is 2. The standard InChI is InChI=1S/C10H14N2O2/c1-12-8(4-7-11-12)9(13)10(14)5-2-3-6-10/h4,7,14H,2-3,5-6H2,1H3. The molecular weight excluding hydrogens is 180 g/mol. The average Bonchev–Trinajstić information content (AvgIpc) is 2.74. The van der Waals surface area contributed by atoms with E-state index >= 15 is 0 Å². The van der Waals surface area contributed by atoms with Crippen LogP contribution in [0.25, 0.3) is 0 Å². The van der Waals surface area contributed by atoms with E-state index in [0.29, 0.717) is 18.5 Å². The Hall–Kier alpha value is -1.16. The molecule has 1 aliphatic carbocycles. The summed E-state index contributed by atoms with van der Waals surface area (Å²) in [7, 11) is 1.71. The van der Waals surface area contributed by atoms with E-state index in [1.165, 1.54) is 4.68 Å². The monoisotopic (exact) mass is 194 g/mol. The lowest BCUT2D eigenvalue weighted by molar-refractivity contribution is 0.0343. The Morgan fingerprint density at radius 2 is 2.21 bits per heavy atom. The maximum Gasteiger partial charge on any atom is 0.212 e. The molecule has 1 aromatic rings. The van der Waals surface area contributed by atoms with Crippen LogP contribution in [0.4, 0.5) is 0 Å². The number of carbonyl (C=O) groups excluding carboxylic acids is 1. The third kappa shape index (κ3) is 1.35. The molecule has 0 radical (unpaired) electrons. The van der Waals surface area contributed by atoms with E-state index in [4.69, 9.17) is 0 Å².